The van der Waals surface area contributed by atoms with Crippen LogP contribution >= 0.6 is 0 Å². The van der Waals surface area contributed by atoms with E-state index in [2.05, 4.69) is 12.1 Å². The maximum Gasteiger partial charge on any atom is 0.253 e. The molecule has 0 bridgehead atoms. The first-order valence-corrected chi connectivity index (χ1v) is 9.36. The molecule has 0 spiro atoms. The van der Waals surface area contributed by atoms with Crippen LogP contribution in [0.1, 0.15) is 36.0 Å². The summed E-state index contributed by atoms with van der Waals surface area (Å²) in [4.78, 5) is 15.0. The number of carbonyl (C=O) groups is 1. The first-order chi connectivity index (χ1) is 12.3. The minimum atomic E-state index is 0.141. The van der Waals surface area contributed by atoms with E-state index in [-0.39, 0.29) is 12.0 Å². The molecule has 4 rings (SSSR count). The maximum atomic E-state index is 13.0. The number of carbonyl (C=O) groups excluding carboxylic acids is 1. The van der Waals surface area contributed by atoms with E-state index < -0.39 is 0 Å². The van der Waals surface area contributed by atoms with Gasteiger partial charge < -0.3 is 9.64 Å². The predicted molar refractivity (Wildman–Crippen MR) is 99.5 cm³/mol. The Labute approximate surface area is 149 Å². The Morgan fingerprint density at radius 1 is 0.920 bits per heavy atom. The van der Waals surface area contributed by atoms with Gasteiger partial charge in [-0.2, -0.15) is 0 Å². The third-order valence-corrected chi connectivity index (χ3v) is 5.15. The molecule has 1 atom stereocenters. The monoisotopic (exact) mass is 335 g/mol. The molecule has 1 aliphatic carbocycles. The van der Waals surface area contributed by atoms with Gasteiger partial charge in [-0.3, -0.25) is 4.79 Å². The van der Waals surface area contributed by atoms with Gasteiger partial charge in [0.2, 0.25) is 0 Å². The fourth-order valence-electron chi connectivity index (χ4n) is 3.51. The topological polar surface area (TPSA) is 29.5 Å². The van der Waals surface area contributed by atoms with Gasteiger partial charge in [-0.1, -0.05) is 42.5 Å². The zero-order valence-corrected chi connectivity index (χ0v) is 14.6. The Bertz CT molecular complexity index is 701. The highest BCUT2D eigenvalue weighted by Gasteiger charge is 2.30. The number of hydrogen-bond acceptors (Lipinski definition) is 2. The number of nitrogens with zero attached hydrogens (tertiary/aromatic N) is 1. The van der Waals surface area contributed by atoms with Crippen molar-refractivity contribution in [1.29, 1.82) is 0 Å². The van der Waals surface area contributed by atoms with Crippen molar-refractivity contribution in [2.45, 2.75) is 31.8 Å². The van der Waals surface area contributed by atoms with Crippen LogP contribution in [0.4, 0.5) is 0 Å². The zero-order valence-electron chi connectivity index (χ0n) is 14.6. The van der Waals surface area contributed by atoms with E-state index in [0.29, 0.717) is 5.92 Å². The molecule has 0 N–H and O–H groups in total. The average molecular weight is 335 g/mol. The van der Waals surface area contributed by atoms with Crippen molar-refractivity contribution in [1.82, 2.24) is 4.90 Å². The van der Waals surface area contributed by atoms with Crippen molar-refractivity contribution >= 4 is 5.91 Å². The molecule has 1 aliphatic heterocycles. The Morgan fingerprint density at radius 2 is 1.64 bits per heavy atom. The number of benzene rings is 2. The van der Waals surface area contributed by atoms with Crippen LogP contribution in [-0.2, 0) is 4.74 Å². The van der Waals surface area contributed by atoms with E-state index in [1.54, 1.807) is 0 Å². The summed E-state index contributed by atoms with van der Waals surface area (Å²) in [7, 11) is 0. The molecule has 0 radical (unpaired) electrons. The van der Waals surface area contributed by atoms with Crippen LogP contribution in [-0.4, -0.2) is 36.6 Å². The lowest BCUT2D eigenvalue weighted by molar-refractivity contribution is 0.0515. The molecule has 0 aromatic heterocycles. The normalized spacial score (nSPS) is 19.8. The lowest BCUT2D eigenvalue weighted by Gasteiger charge is -2.25. The second kappa shape index (κ2) is 7.40. The van der Waals surface area contributed by atoms with Crippen molar-refractivity contribution in [2.75, 3.05) is 19.7 Å². The molecule has 130 valence electrons. The summed E-state index contributed by atoms with van der Waals surface area (Å²) < 4.78 is 5.75. The van der Waals surface area contributed by atoms with E-state index >= 15 is 0 Å². The lowest BCUT2D eigenvalue weighted by Crippen LogP contribution is -2.38. The standard InChI is InChI=1S/C22H25NO2/c24-22(23(15-17-8-9-17)16-21-7-4-14-25-21)20-12-10-19(11-13-20)18-5-2-1-3-6-18/h1-3,5-6,10-13,17,21H,4,7-9,14-16H2/t21-/m0/s1. The van der Waals surface area contributed by atoms with E-state index in [9.17, 15) is 4.79 Å². The van der Waals surface area contributed by atoms with Gasteiger partial charge in [0.25, 0.3) is 5.91 Å². The van der Waals surface area contributed by atoms with Crippen molar-refractivity contribution in [3.63, 3.8) is 0 Å². The average Bonchev–Trinajstić information content (AvgIpc) is 3.34. The Hall–Kier alpha value is -2.13. The van der Waals surface area contributed by atoms with Gasteiger partial charge in [0, 0.05) is 25.3 Å². The molecule has 3 heteroatoms. The first-order valence-electron chi connectivity index (χ1n) is 9.36. The molecule has 3 nitrogen and oxygen atoms in total. The lowest BCUT2D eigenvalue weighted by atomic mass is 10.0. The minimum Gasteiger partial charge on any atom is -0.376 e. The third kappa shape index (κ3) is 4.10. The molecular weight excluding hydrogens is 310 g/mol. The highest BCUT2D eigenvalue weighted by molar-refractivity contribution is 5.94. The minimum absolute atomic E-state index is 0.141. The SMILES string of the molecule is O=C(c1ccc(-c2ccccc2)cc1)N(CC1CC1)C[C@@H]1CCCO1. The predicted octanol–water partition coefficient (Wildman–Crippen LogP) is 4.38. The molecule has 0 unspecified atom stereocenters. The summed E-state index contributed by atoms with van der Waals surface area (Å²) in [6, 6.07) is 18.3. The Kier molecular flexibility index (Phi) is 4.84. The number of hydrogen-bond donors (Lipinski definition) is 0. The second-order valence-corrected chi connectivity index (χ2v) is 7.23. The van der Waals surface area contributed by atoms with Gasteiger partial charge in [0.1, 0.15) is 0 Å². The Morgan fingerprint density at radius 3 is 2.28 bits per heavy atom. The highest BCUT2D eigenvalue weighted by Crippen LogP contribution is 2.31. The molecule has 1 heterocycles. The van der Waals surface area contributed by atoms with Gasteiger partial charge in [-0.25, -0.2) is 0 Å². The summed E-state index contributed by atoms with van der Waals surface area (Å²) >= 11 is 0. The summed E-state index contributed by atoms with van der Waals surface area (Å²) in [6.07, 6.45) is 4.90. The fraction of sp³-hybridized carbons (Fsp3) is 0.409. The van der Waals surface area contributed by atoms with Crippen LogP contribution < -0.4 is 0 Å². The van der Waals surface area contributed by atoms with Crippen molar-refractivity contribution in [2.24, 2.45) is 5.92 Å². The van der Waals surface area contributed by atoms with E-state index in [1.807, 2.05) is 47.4 Å². The summed E-state index contributed by atoms with van der Waals surface area (Å²) in [6.45, 7) is 2.44. The molecule has 2 fully saturated rings. The third-order valence-electron chi connectivity index (χ3n) is 5.15. The van der Waals surface area contributed by atoms with Crippen molar-refractivity contribution in [3.05, 3.63) is 60.2 Å². The maximum absolute atomic E-state index is 13.0. The molecule has 2 aliphatic rings. The summed E-state index contributed by atoms with van der Waals surface area (Å²) in [5.41, 5.74) is 3.10. The van der Waals surface area contributed by atoms with E-state index in [4.69, 9.17) is 4.74 Å². The van der Waals surface area contributed by atoms with Crippen LogP contribution in [0.2, 0.25) is 0 Å². The van der Waals surface area contributed by atoms with Gasteiger partial charge >= 0.3 is 0 Å². The summed E-state index contributed by atoms with van der Waals surface area (Å²) in [5, 5.41) is 0. The van der Waals surface area contributed by atoms with Crippen LogP contribution in [0.5, 0.6) is 0 Å². The Balaban J connectivity index is 1.48. The van der Waals surface area contributed by atoms with Crippen LogP contribution in [0.15, 0.2) is 54.6 Å². The quantitative estimate of drug-likeness (QED) is 0.784. The highest BCUT2D eigenvalue weighted by atomic mass is 16.5. The smallest absolute Gasteiger partial charge is 0.253 e. The molecular formula is C22H25NO2. The number of rotatable bonds is 6. The molecule has 2 aromatic carbocycles. The molecule has 2 aromatic rings. The molecule has 1 saturated carbocycles. The van der Waals surface area contributed by atoms with Gasteiger partial charge in [0.05, 0.1) is 6.10 Å². The van der Waals surface area contributed by atoms with Gasteiger partial charge in [-0.05, 0) is 54.9 Å². The summed E-state index contributed by atoms with van der Waals surface area (Å²) in [5.74, 6) is 0.830. The van der Waals surface area contributed by atoms with E-state index in [1.165, 1.54) is 18.4 Å². The largest absolute Gasteiger partial charge is 0.376 e. The van der Waals surface area contributed by atoms with Crippen LogP contribution in [0.3, 0.4) is 0 Å². The van der Waals surface area contributed by atoms with E-state index in [0.717, 1.165) is 43.7 Å². The zero-order chi connectivity index (χ0) is 17.1. The number of amides is 1. The second-order valence-electron chi connectivity index (χ2n) is 7.23. The van der Waals surface area contributed by atoms with Crippen molar-refractivity contribution < 1.29 is 9.53 Å². The first kappa shape index (κ1) is 16.3. The van der Waals surface area contributed by atoms with Crippen LogP contribution in [0, 0.1) is 5.92 Å². The fourth-order valence-corrected chi connectivity index (χ4v) is 3.51. The van der Waals surface area contributed by atoms with Crippen molar-refractivity contribution in [3.8, 4) is 11.1 Å². The van der Waals surface area contributed by atoms with Crippen LogP contribution in [0.25, 0.3) is 11.1 Å². The molecule has 1 amide bonds. The molecule has 25 heavy (non-hydrogen) atoms. The molecule has 1 saturated heterocycles. The van der Waals surface area contributed by atoms with Gasteiger partial charge in [0.15, 0.2) is 0 Å². The number of ether oxygens (including phenoxy) is 1. The van der Waals surface area contributed by atoms with Gasteiger partial charge in [-0.15, -0.1) is 0 Å².